The Morgan fingerprint density at radius 2 is 1.64 bits per heavy atom. The molecular weight excluding hydrogens is 465 g/mol. The molecule has 0 aliphatic heterocycles. The molecule has 0 unspecified atom stereocenters. The predicted molar refractivity (Wildman–Crippen MR) is 125 cm³/mol. The lowest BCUT2D eigenvalue weighted by molar-refractivity contribution is 0.0889. The minimum absolute atomic E-state index is 0.0287. The minimum atomic E-state index is -0.438. The van der Waals surface area contributed by atoms with Gasteiger partial charge in [0.25, 0.3) is 11.8 Å². The standard InChI is InChI=1S/C24H23ClFN3O3S/c25-16-7-5-15(6-8-16)23(30)27-17-9-11-18(12-10-17)28-24(31)20-14-33-22(29-20)13-32-21-4-2-1-3-19(21)26/h1-8,14,17-18H,9-13H2,(H,27,30)(H,28,31). The number of hydrogen-bond donors (Lipinski definition) is 2. The number of ether oxygens (including phenoxy) is 1. The molecular formula is C24H23ClFN3O3S. The van der Waals surface area contributed by atoms with E-state index >= 15 is 0 Å². The van der Waals surface area contributed by atoms with Crippen LogP contribution >= 0.6 is 22.9 Å². The second-order valence-electron chi connectivity index (χ2n) is 7.85. The van der Waals surface area contributed by atoms with Crippen molar-refractivity contribution in [3.63, 3.8) is 0 Å². The Hall–Kier alpha value is -2.97. The molecule has 1 aromatic heterocycles. The Morgan fingerprint density at radius 3 is 2.30 bits per heavy atom. The van der Waals surface area contributed by atoms with Gasteiger partial charge >= 0.3 is 0 Å². The van der Waals surface area contributed by atoms with E-state index in [-0.39, 0.29) is 36.3 Å². The number of benzene rings is 2. The lowest BCUT2D eigenvalue weighted by Crippen LogP contribution is -2.43. The summed E-state index contributed by atoms with van der Waals surface area (Å²) in [6.07, 6.45) is 3.10. The van der Waals surface area contributed by atoms with Crippen molar-refractivity contribution in [2.24, 2.45) is 0 Å². The smallest absolute Gasteiger partial charge is 0.270 e. The number of carbonyl (C=O) groups excluding carboxylic acids is 2. The number of thiazole rings is 1. The molecule has 2 N–H and O–H groups in total. The van der Waals surface area contributed by atoms with Gasteiger partial charge in [0.05, 0.1) is 0 Å². The minimum Gasteiger partial charge on any atom is -0.483 e. The maximum atomic E-state index is 13.7. The van der Waals surface area contributed by atoms with Gasteiger partial charge in [-0.2, -0.15) is 0 Å². The Balaban J connectivity index is 1.22. The first-order valence-electron chi connectivity index (χ1n) is 10.7. The highest BCUT2D eigenvalue weighted by molar-refractivity contribution is 7.09. The lowest BCUT2D eigenvalue weighted by Gasteiger charge is -2.29. The maximum Gasteiger partial charge on any atom is 0.270 e. The second kappa shape index (κ2) is 10.8. The third-order valence-corrected chi connectivity index (χ3v) is 6.55. The van der Waals surface area contributed by atoms with Crippen molar-refractivity contribution in [3.8, 4) is 5.75 Å². The van der Waals surface area contributed by atoms with E-state index in [9.17, 15) is 14.0 Å². The summed E-state index contributed by atoms with van der Waals surface area (Å²) in [4.78, 5) is 29.3. The zero-order chi connectivity index (χ0) is 23.2. The maximum absolute atomic E-state index is 13.7. The zero-order valence-electron chi connectivity index (χ0n) is 17.7. The summed E-state index contributed by atoms with van der Waals surface area (Å²) in [5.74, 6) is -0.644. The molecule has 172 valence electrons. The van der Waals surface area contributed by atoms with Crippen molar-refractivity contribution >= 4 is 34.8 Å². The Kier molecular flexibility index (Phi) is 7.57. The number of rotatable bonds is 7. The number of halogens is 2. The molecule has 1 aliphatic carbocycles. The van der Waals surface area contributed by atoms with Gasteiger partial charge in [-0.3, -0.25) is 9.59 Å². The number of aromatic nitrogens is 1. The molecule has 4 rings (SSSR count). The second-order valence-corrected chi connectivity index (χ2v) is 9.23. The van der Waals surface area contributed by atoms with Crippen molar-refractivity contribution in [3.05, 3.63) is 81.0 Å². The van der Waals surface area contributed by atoms with Crippen molar-refractivity contribution < 1.29 is 18.7 Å². The highest BCUT2D eigenvalue weighted by atomic mass is 35.5. The first-order valence-corrected chi connectivity index (χ1v) is 11.9. The summed E-state index contributed by atoms with van der Waals surface area (Å²) >= 11 is 7.16. The van der Waals surface area contributed by atoms with Gasteiger partial charge in [0.15, 0.2) is 11.6 Å². The monoisotopic (exact) mass is 487 g/mol. The van der Waals surface area contributed by atoms with Crippen molar-refractivity contribution in [2.75, 3.05) is 0 Å². The number of hydrogen-bond acceptors (Lipinski definition) is 5. The van der Waals surface area contributed by atoms with E-state index in [1.807, 2.05) is 0 Å². The van der Waals surface area contributed by atoms with Crippen LogP contribution in [0, 0.1) is 5.82 Å². The van der Waals surface area contributed by atoms with Crippen LogP contribution in [0.4, 0.5) is 4.39 Å². The van der Waals surface area contributed by atoms with Crippen LogP contribution in [0.1, 0.15) is 51.5 Å². The van der Waals surface area contributed by atoms with Crippen LogP contribution < -0.4 is 15.4 Å². The number of para-hydroxylation sites is 1. The van der Waals surface area contributed by atoms with Crippen LogP contribution in [0.15, 0.2) is 53.9 Å². The summed E-state index contributed by atoms with van der Waals surface area (Å²) in [5.41, 5.74) is 0.901. The molecule has 33 heavy (non-hydrogen) atoms. The SMILES string of the molecule is O=C(NC1CCC(NC(=O)c2csc(COc3ccccc3F)n2)CC1)c1ccc(Cl)cc1. The van der Waals surface area contributed by atoms with Gasteiger partial charge in [-0.1, -0.05) is 23.7 Å². The van der Waals surface area contributed by atoms with E-state index in [4.69, 9.17) is 16.3 Å². The van der Waals surface area contributed by atoms with Crippen LogP contribution in [-0.4, -0.2) is 28.9 Å². The predicted octanol–water partition coefficient (Wildman–Crippen LogP) is 4.99. The van der Waals surface area contributed by atoms with Crippen LogP contribution in [0.2, 0.25) is 5.02 Å². The average Bonchev–Trinajstić information content (AvgIpc) is 3.29. The van der Waals surface area contributed by atoms with Gasteiger partial charge in [-0.25, -0.2) is 9.37 Å². The van der Waals surface area contributed by atoms with E-state index in [2.05, 4.69) is 15.6 Å². The highest BCUT2D eigenvalue weighted by Gasteiger charge is 2.25. The molecule has 6 nitrogen and oxygen atoms in total. The number of carbonyl (C=O) groups is 2. The third-order valence-electron chi connectivity index (χ3n) is 5.48. The van der Waals surface area contributed by atoms with Gasteiger partial charge in [-0.15, -0.1) is 11.3 Å². The van der Waals surface area contributed by atoms with Crippen LogP contribution in [0.25, 0.3) is 0 Å². The van der Waals surface area contributed by atoms with Gasteiger partial charge in [0.2, 0.25) is 0 Å². The van der Waals surface area contributed by atoms with Crippen molar-refractivity contribution in [1.82, 2.24) is 15.6 Å². The summed E-state index contributed by atoms with van der Waals surface area (Å²) in [6, 6.07) is 13.0. The van der Waals surface area contributed by atoms with E-state index in [0.717, 1.165) is 25.7 Å². The molecule has 9 heteroatoms. The molecule has 0 atom stereocenters. The zero-order valence-corrected chi connectivity index (χ0v) is 19.3. The van der Waals surface area contributed by atoms with E-state index in [0.29, 0.717) is 21.3 Å². The quantitative estimate of drug-likeness (QED) is 0.492. The summed E-state index contributed by atoms with van der Waals surface area (Å²) in [7, 11) is 0. The van der Waals surface area contributed by atoms with Crippen LogP contribution in [0.3, 0.4) is 0 Å². The summed E-state index contributed by atoms with van der Waals surface area (Å²) < 4.78 is 19.1. The molecule has 2 aromatic carbocycles. The van der Waals surface area contributed by atoms with Crippen LogP contribution in [0.5, 0.6) is 5.75 Å². The molecule has 0 saturated heterocycles. The molecule has 1 aliphatic rings. The summed E-state index contributed by atoms with van der Waals surface area (Å²) in [5, 5.41) is 8.93. The van der Waals surface area contributed by atoms with E-state index in [1.54, 1.807) is 47.8 Å². The fourth-order valence-corrected chi connectivity index (χ4v) is 4.51. The fourth-order valence-electron chi connectivity index (χ4n) is 3.69. The first kappa shape index (κ1) is 23.2. The topological polar surface area (TPSA) is 80.3 Å². The van der Waals surface area contributed by atoms with Crippen LogP contribution in [-0.2, 0) is 6.61 Å². The molecule has 0 radical (unpaired) electrons. The molecule has 0 spiro atoms. The molecule has 1 fully saturated rings. The molecule has 2 amide bonds. The number of nitrogens with zero attached hydrogens (tertiary/aromatic N) is 1. The highest BCUT2D eigenvalue weighted by Crippen LogP contribution is 2.21. The van der Waals surface area contributed by atoms with Crippen molar-refractivity contribution in [2.45, 2.75) is 44.4 Å². The molecule has 0 bridgehead atoms. The van der Waals surface area contributed by atoms with Crippen molar-refractivity contribution in [1.29, 1.82) is 0 Å². The van der Waals surface area contributed by atoms with Gasteiger partial charge in [0, 0.05) is 28.0 Å². The normalized spacial score (nSPS) is 17.9. The Morgan fingerprint density at radius 1 is 1.00 bits per heavy atom. The Bertz CT molecular complexity index is 1110. The van der Waals surface area contributed by atoms with Gasteiger partial charge in [0.1, 0.15) is 17.3 Å². The Labute approximate surface area is 200 Å². The number of amides is 2. The first-order chi connectivity index (χ1) is 16.0. The average molecular weight is 488 g/mol. The van der Waals surface area contributed by atoms with Gasteiger partial charge < -0.3 is 15.4 Å². The number of nitrogens with one attached hydrogen (secondary N) is 2. The van der Waals surface area contributed by atoms with Gasteiger partial charge in [-0.05, 0) is 62.1 Å². The fraction of sp³-hybridized carbons (Fsp3) is 0.292. The lowest BCUT2D eigenvalue weighted by atomic mass is 9.91. The molecule has 3 aromatic rings. The molecule has 1 saturated carbocycles. The summed E-state index contributed by atoms with van der Waals surface area (Å²) in [6.45, 7) is 0.0945. The third kappa shape index (κ3) is 6.30. The largest absolute Gasteiger partial charge is 0.483 e. The van der Waals surface area contributed by atoms with E-state index in [1.165, 1.54) is 17.4 Å². The van der Waals surface area contributed by atoms with E-state index < -0.39 is 5.82 Å². The molecule has 1 heterocycles.